The third kappa shape index (κ3) is 5.22. The van der Waals surface area contributed by atoms with Gasteiger partial charge in [-0.15, -0.1) is 0 Å². The standard InChI is InChI=1S/C22H22F6N4O3S/c1-36(34,35)15-9-17(23)16(18(24)10-15)12-31-6-7-32(21(31)33)14-2-4-30(5-3-14)20-19(25)8-13(11-29-20)22(26,27)28/h8-11,14H,2-7,12H2,1H3. The molecule has 0 spiro atoms. The van der Waals surface area contributed by atoms with Gasteiger partial charge in [-0.25, -0.2) is 31.4 Å². The van der Waals surface area contributed by atoms with E-state index in [1.807, 2.05) is 0 Å². The number of pyridine rings is 1. The van der Waals surface area contributed by atoms with Crippen molar-refractivity contribution < 1.29 is 39.6 Å². The van der Waals surface area contributed by atoms with Crippen molar-refractivity contribution >= 4 is 21.7 Å². The molecular formula is C22H22F6N4O3S. The molecule has 2 amide bonds. The molecule has 0 saturated carbocycles. The summed E-state index contributed by atoms with van der Waals surface area (Å²) in [6.07, 6.45) is -2.51. The van der Waals surface area contributed by atoms with Gasteiger partial charge in [-0.05, 0) is 31.0 Å². The molecule has 196 valence electrons. The Hall–Kier alpha value is -3.03. The van der Waals surface area contributed by atoms with Gasteiger partial charge in [-0.2, -0.15) is 13.2 Å². The monoisotopic (exact) mass is 536 g/mol. The lowest BCUT2D eigenvalue weighted by Gasteiger charge is -2.37. The summed E-state index contributed by atoms with van der Waals surface area (Å²) in [6, 6.07) is 1.14. The molecule has 14 heteroatoms. The van der Waals surface area contributed by atoms with Gasteiger partial charge in [0.25, 0.3) is 0 Å². The molecule has 0 radical (unpaired) electrons. The van der Waals surface area contributed by atoms with Crippen LogP contribution in [0, 0.1) is 17.5 Å². The number of nitrogens with zero attached hydrogens (tertiary/aromatic N) is 4. The second kappa shape index (κ2) is 9.45. The first-order valence-electron chi connectivity index (χ1n) is 11.0. The summed E-state index contributed by atoms with van der Waals surface area (Å²) in [7, 11) is -3.81. The van der Waals surface area contributed by atoms with E-state index < -0.39 is 55.5 Å². The van der Waals surface area contributed by atoms with E-state index in [4.69, 9.17) is 0 Å². The molecule has 4 rings (SSSR count). The number of aromatic nitrogens is 1. The minimum absolute atomic E-state index is 0.195. The SMILES string of the molecule is CS(=O)(=O)c1cc(F)c(CN2CCN(C3CCN(c4ncc(C(F)(F)F)cc4F)CC3)C2=O)c(F)c1. The molecule has 0 bridgehead atoms. The average molecular weight is 536 g/mol. The number of benzene rings is 1. The molecule has 0 atom stereocenters. The van der Waals surface area contributed by atoms with E-state index in [1.54, 1.807) is 4.90 Å². The van der Waals surface area contributed by atoms with Gasteiger partial charge >= 0.3 is 12.2 Å². The second-order valence-corrected chi connectivity index (χ2v) is 10.8. The van der Waals surface area contributed by atoms with E-state index in [9.17, 15) is 39.6 Å². The normalized spacial score (nSPS) is 17.9. The zero-order chi connectivity index (χ0) is 26.4. The molecule has 0 N–H and O–H groups in total. The summed E-state index contributed by atoms with van der Waals surface area (Å²) in [6.45, 7) is 0.609. The summed E-state index contributed by atoms with van der Waals surface area (Å²) in [5.41, 5.74) is -1.60. The molecule has 0 aliphatic carbocycles. The quantitative estimate of drug-likeness (QED) is 0.544. The van der Waals surface area contributed by atoms with Crippen LogP contribution in [0.3, 0.4) is 0 Å². The number of piperidine rings is 1. The Morgan fingerprint density at radius 2 is 1.58 bits per heavy atom. The molecule has 2 aliphatic rings. The molecule has 0 unspecified atom stereocenters. The number of alkyl halides is 3. The van der Waals surface area contributed by atoms with E-state index in [0.717, 1.165) is 18.4 Å². The largest absolute Gasteiger partial charge is 0.417 e. The maximum Gasteiger partial charge on any atom is 0.417 e. The van der Waals surface area contributed by atoms with Crippen molar-refractivity contribution in [2.45, 2.75) is 36.5 Å². The van der Waals surface area contributed by atoms with Gasteiger partial charge in [0.15, 0.2) is 21.5 Å². The van der Waals surface area contributed by atoms with Crippen LogP contribution in [0.2, 0.25) is 0 Å². The molecule has 3 heterocycles. The third-order valence-corrected chi connectivity index (χ3v) is 7.46. The number of sulfone groups is 1. The van der Waals surface area contributed by atoms with Gasteiger partial charge < -0.3 is 14.7 Å². The highest BCUT2D eigenvalue weighted by molar-refractivity contribution is 7.90. The maximum absolute atomic E-state index is 14.4. The lowest BCUT2D eigenvalue weighted by atomic mass is 10.0. The summed E-state index contributed by atoms with van der Waals surface area (Å²) < 4.78 is 105. The fraction of sp³-hybridized carbons (Fsp3) is 0.455. The van der Waals surface area contributed by atoms with Crippen molar-refractivity contribution in [2.24, 2.45) is 0 Å². The van der Waals surface area contributed by atoms with Crippen LogP contribution in [-0.4, -0.2) is 67.7 Å². The lowest BCUT2D eigenvalue weighted by Crippen LogP contribution is -2.47. The Kier molecular flexibility index (Phi) is 6.84. The van der Waals surface area contributed by atoms with E-state index >= 15 is 0 Å². The summed E-state index contributed by atoms with van der Waals surface area (Å²) in [5, 5.41) is 0. The van der Waals surface area contributed by atoms with E-state index in [-0.39, 0.29) is 38.0 Å². The van der Waals surface area contributed by atoms with Crippen molar-refractivity contribution in [1.82, 2.24) is 14.8 Å². The van der Waals surface area contributed by atoms with Crippen LogP contribution < -0.4 is 4.90 Å². The molecule has 1 aromatic carbocycles. The molecule has 2 aliphatic heterocycles. The first-order valence-corrected chi connectivity index (χ1v) is 12.9. The summed E-state index contributed by atoms with van der Waals surface area (Å²) in [5.74, 6) is -3.42. The van der Waals surface area contributed by atoms with Gasteiger partial charge in [0, 0.05) is 50.2 Å². The lowest BCUT2D eigenvalue weighted by molar-refractivity contribution is -0.138. The Bertz CT molecular complexity index is 1260. The highest BCUT2D eigenvalue weighted by atomic mass is 32.2. The summed E-state index contributed by atoms with van der Waals surface area (Å²) >= 11 is 0. The van der Waals surface area contributed by atoms with Crippen LogP contribution in [0.5, 0.6) is 0 Å². The fourth-order valence-electron chi connectivity index (χ4n) is 4.43. The zero-order valence-electron chi connectivity index (χ0n) is 19.0. The van der Waals surface area contributed by atoms with Crippen molar-refractivity contribution in [1.29, 1.82) is 0 Å². The van der Waals surface area contributed by atoms with E-state index in [0.29, 0.717) is 31.6 Å². The van der Waals surface area contributed by atoms with Crippen molar-refractivity contribution in [3.8, 4) is 0 Å². The Labute approximate surface area is 203 Å². The number of hydrogen-bond acceptors (Lipinski definition) is 5. The van der Waals surface area contributed by atoms with Gasteiger partial charge in [0.05, 0.1) is 17.0 Å². The van der Waals surface area contributed by atoms with Crippen LogP contribution in [0.1, 0.15) is 24.0 Å². The number of anilines is 1. The fourth-order valence-corrected chi connectivity index (χ4v) is 5.07. The second-order valence-electron chi connectivity index (χ2n) is 8.78. The smallest absolute Gasteiger partial charge is 0.354 e. The number of urea groups is 1. The first kappa shape index (κ1) is 26.0. The summed E-state index contributed by atoms with van der Waals surface area (Å²) in [4.78, 5) is 20.4. The number of carbonyl (C=O) groups excluding carboxylic acids is 1. The predicted octanol–water partition coefficient (Wildman–Crippen LogP) is 3.83. The number of halogens is 6. The molecular weight excluding hydrogens is 514 g/mol. The van der Waals surface area contributed by atoms with Crippen LogP contribution in [0.25, 0.3) is 0 Å². The minimum Gasteiger partial charge on any atom is -0.354 e. The highest BCUT2D eigenvalue weighted by Gasteiger charge is 2.37. The first-order chi connectivity index (χ1) is 16.8. The van der Waals surface area contributed by atoms with Crippen LogP contribution in [-0.2, 0) is 22.6 Å². The predicted molar refractivity (Wildman–Crippen MR) is 116 cm³/mol. The molecule has 36 heavy (non-hydrogen) atoms. The van der Waals surface area contributed by atoms with Crippen molar-refractivity contribution in [2.75, 3.05) is 37.3 Å². The molecule has 2 saturated heterocycles. The van der Waals surface area contributed by atoms with Crippen LogP contribution >= 0.6 is 0 Å². The number of hydrogen-bond donors (Lipinski definition) is 0. The van der Waals surface area contributed by atoms with Crippen molar-refractivity contribution in [3.05, 3.63) is 53.0 Å². The van der Waals surface area contributed by atoms with Gasteiger partial charge in [0.2, 0.25) is 0 Å². The van der Waals surface area contributed by atoms with Crippen LogP contribution in [0.4, 0.5) is 37.0 Å². The Morgan fingerprint density at radius 3 is 2.11 bits per heavy atom. The Morgan fingerprint density at radius 1 is 0.972 bits per heavy atom. The van der Waals surface area contributed by atoms with Gasteiger partial charge in [-0.1, -0.05) is 0 Å². The molecule has 2 fully saturated rings. The van der Waals surface area contributed by atoms with Gasteiger partial charge in [0.1, 0.15) is 11.6 Å². The average Bonchev–Trinajstić information content (AvgIpc) is 3.15. The van der Waals surface area contributed by atoms with E-state index in [2.05, 4.69) is 4.98 Å². The third-order valence-electron chi connectivity index (χ3n) is 6.37. The number of amides is 2. The molecule has 1 aromatic heterocycles. The van der Waals surface area contributed by atoms with Gasteiger partial charge in [-0.3, -0.25) is 0 Å². The number of rotatable bonds is 5. The highest BCUT2D eigenvalue weighted by Crippen LogP contribution is 2.32. The minimum atomic E-state index is -4.71. The maximum atomic E-state index is 14.4. The molecule has 7 nitrogen and oxygen atoms in total. The molecule has 2 aromatic rings. The van der Waals surface area contributed by atoms with Crippen LogP contribution in [0.15, 0.2) is 29.3 Å². The number of carbonyl (C=O) groups is 1. The van der Waals surface area contributed by atoms with E-state index in [1.165, 1.54) is 9.80 Å². The van der Waals surface area contributed by atoms with Crippen molar-refractivity contribution in [3.63, 3.8) is 0 Å². The zero-order valence-corrected chi connectivity index (χ0v) is 19.8. The Balaban J connectivity index is 1.39. The topological polar surface area (TPSA) is 73.8 Å².